The highest BCUT2D eigenvalue weighted by Crippen LogP contribution is 2.42. The molecule has 1 saturated heterocycles. The van der Waals surface area contributed by atoms with Crippen LogP contribution in [0.25, 0.3) is 5.78 Å². The molecule has 206 valence electrons. The lowest BCUT2D eigenvalue weighted by molar-refractivity contribution is -0.135. The molecule has 1 saturated carbocycles. The van der Waals surface area contributed by atoms with Crippen LogP contribution in [0.4, 0.5) is 10.2 Å². The number of aromatic nitrogens is 4. The van der Waals surface area contributed by atoms with Gasteiger partial charge in [-0.1, -0.05) is 23.7 Å². The molecule has 1 aromatic carbocycles. The Balaban J connectivity index is 1.17. The van der Waals surface area contributed by atoms with E-state index in [1.54, 1.807) is 29.3 Å². The topological polar surface area (TPSA) is 85.1 Å². The van der Waals surface area contributed by atoms with Gasteiger partial charge in [-0.25, -0.2) is 19.3 Å². The lowest BCUT2D eigenvalue weighted by Crippen LogP contribution is -2.43. The molecule has 5 heterocycles. The first-order valence-electron chi connectivity index (χ1n) is 13.6. The number of hydrogen-bond acceptors (Lipinski definition) is 7. The van der Waals surface area contributed by atoms with Crippen molar-refractivity contribution in [2.45, 2.75) is 31.2 Å². The van der Waals surface area contributed by atoms with E-state index >= 15 is 4.39 Å². The van der Waals surface area contributed by atoms with Crippen molar-refractivity contribution in [2.24, 2.45) is 0 Å². The molecule has 4 aromatic rings. The molecule has 7 rings (SSSR count). The van der Waals surface area contributed by atoms with E-state index in [1.807, 2.05) is 28.8 Å². The Morgan fingerprint density at radius 2 is 1.98 bits per heavy atom. The molecule has 0 radical (unpaired) electrons. The van der Waals surface area contributed by atoms with Gasteiger partial charge in [0, 0.05) is 44.0 Å². The monoisotopic (exact) mass is 562 g/mol. The zero-order valence-corrected chi connectivity index (χ0v) is 22.6. The summed E-state index contributed by atoms with van der Waals surface area (Å²) in [5.41, 5.74) is 2.99. The molecule has 1 amide bonds. The highest BCUT2D eigenvalue weighted by molar-refractivity contribution is 6.31. The Hall–Kier alpha value is -3.76. The number of hydrogen-bond donors (Lipinski definition) is 0. The van der Waals surface area contributed by atoms with Crippen molar-refractivity contribution in [3.8, 4) is 5.75 Å². The number of amides is 1. The number of halogens is 2. The minimum absolute atomic E-state index is 0.184. The molecule has 1 unspecified atom stereocenters. The van der Waals surface area contributed by atoms with Crippen LogP contribution in [0.2, 0.25) is 5.15 Å². The average molecular weight is 563 g/mol. The van der Waals surface area contributed by atoms with E-state index in [0.29, 0.717) is 49.2 Å². The van der Waals surface area contributed by atoms with Crippen LogP contribution in [-0.2, 0) is 16.0 Å². The predicted octanol–water partition coefficient (Wildman–Crippen LogP) is 4.18. The van der Waals surface area contributed by atoms with Gasteiger partial charge >= 0.3 is 0 Å². The molecule has 1 atom stereocenters. The molecule has 0 bridgehead atoms. The molecule has 0 spiro atoms. The molecule has 0 N–H and O–H groups in total. The van der Waals surface area contributed by atoms with Crippen LogP contribution in [-0.4, -0.2) is 69.6 Å². The molecule has 40 heavy (non-hydrogen) atoms. The Morgan fingerprint density at radius 1 is 1.12 bits per heavy atom. The average Bonchev–Trinajstić information content (AvgIpc) is 3.76. The summed E-state index contributed by atoms with van der Waals surface area (Å²) >= 11 is 6.44. The molecular weight excluding hydrogens is 535 g/mol. The number of benzene rings is 1. The van der Waals surface area contributed by atoms with Crippen LogP contribution in [0.3, 0.4) is 0 Å². The Morgan fingerprint density at radius 3 is 2.75 bits per heavy atom. The molecule has 2 aliphatic heterocycles. The molecule has 11 heteroatoms. The maximum atomic E-state index is 15.7. The van der Waals surface area contributed by atoms with Crippen molar-refractivity contribution in [2.75, 3.05) is 44.4 Å². The zero-order valence-electron chi connectivity index (χ0n) is 21.8. The Kier molecular flexibility index (Phi) is 6.51. The minimum Gasteiger partial charge on any atom is -0.481 e. The summed E-state index contributed by atoms with van der Waals surface area (Å²) in [6.07, 6.45) is 6.21. The number of ether oxygens (including phenoxy) is 2. The number of imidazole rings is 1. The van der Waals surface area contributed by atoms with Crippen LogP contribution in [0.5, 0.6) is 5.75 Å². The summed E-state index contributed by atoms with van der Waals surface area (Å²) in [7, 11) is 0. The fraction of sp³-hybridized carbons (Fsp3) is 0.379. The maximum absolute atomic E-state index is 15.7. The van der Waals surface area contributed by atoms with Crippen LogP contribution in [0.15, 0.2) is 48.8 Å². The summed E-state index contributed by atoms with van der Waals surface area (Å²) < 4.78 is 28.8. The van der Waals surface area contributed by atoms with Gasteiger partial charge < -0.3 is 19.3 Å². The van der Waals surface area contributed by atoms with E-state index in [0.717, 1.165) is 48.7 Å². The van der Waals surface area contributed by atoms with E-state index in [4.69, 9.17) is 21.1 Å². The molecule has 3 aliphatic rings. The van der Waals surface area contributed by atoms with Crippen LogP contribution in [0.1, 0.15) is 47.3 Å². The quantitative estimate of drug-likeness (QED) is 0.326. The second kappa shape index (κ2) is 10.3. The summed E-state index contributed by atoms with van der Waals surface area (Å²) in [5.74, 6) is 1.39. The van der Waals surface area contributed by atoms with E-state index < -0.39 is 6.04 Å². The third-order valence-electron chi connectivity index (χ3n) is 7.85. The van der Waals surface area contributed by atoms with Crippen molar-refractivity contribution < 1.29 is 18.7 Å². The van der Waals surface area contributed by atoms with Crippen LogP contribution < -0.4 is 9.64 Å². The van der Waals surface area contributed by atoms with E-state index in [9.17, 15) is 4.79 Å². The maximum Gasteiger partial charge on any atom is 0.261 e. The van der Waals surface area contributed by atoms with Gasteiger partial charge in [-0.3, -0.25) is 9.20 Å². The first-order chi connectivity index (χ1) is 19.6. The number of fused-ring (bicyclic) bond motifs is 3. The van der Waals surface area contributed by atoms with Crippen LogP contribution >= 0.6 is 11.6 Å². The number of rotatable bonds is 6. The first kappa shape index (κ1) is 25.2. The summed E-state index contributed by atoms with van der Waals surface area (Å²) in [5, 5.41) is 0.184. The molecule has 1 aliphatic carbocycles. The molecule has 9 nitrogen and oxygen atoms in total. The molecule has 2 fully saturated rings. The summed E-state index contributed by atoms with van der Waals surface area (Å²) in [4.78, 5) is 31.0. The number of morpholine rings is 1. The molecule has 3 aromatic heterocycles. The lowest BCUT2D eigenvalue weighted by atomic mass is 9.93. The predicted molar refractivity (Wildman–Crippen MR) is 146 cm³/mol. The van der Waals surface area contributed by atoms with Crippen molar-refractivity contribution in [1.82, 2.24) is 24.3 Å². The number of carbonyl (C=O) groups excluding carboxylic acids is 1. The second-order valence-electron chi connectivity index (χ2n) is 10.4. The number of pyridine rings is 1. The van der Waals surface area contributed by atoms with Crippen molar-refractivity contribution in [3.63, 3.8) is 0 Å². The first-order valence-corrected chi connectivity index (χ1v) is 14.0. The summed E-state index contributed by atoms with van der Waals surface area (Å²) in [6.45, 7) is 2.85. The standard InChI is InChI=1S/C29H28ClFN6O3/c30-28-23(6-7-24(34-28)35-12-14-39-15-13-35)40-17-25(38)36-11-8-22-27(37-10-1-9-32-29(37)33-22)26(36)20-5-4-19(16-21(20)31)18-2-3-18/h1,4-7,9-10,16,18,26H,2-3,8,11-15,17H2. The van der Waals surface area contributed by atoms with E-state index in [-0.39, 0.29) is 23.5 Å². The third kappa shape index (κ3) is 4.65. The number of nitrogens with zero attached hydrogens (tertiary/aromatic N) is 6. The van der Waals surface area contributed by atoms with Gasteiger partial charge in [0.15, 0.2) is 17.5 Å². The molecular formula is C29H28ClFN6O3. The minimum atomic E-state index is -0.676. The number of anilines is 1. The Bertz CT molecular complexity index is 1590. The Labute approximate surface area is 235 Å². The number of carbonyl (C=O) groups is 1. The van der Waals surface area contributed by atoms with E-state index in [2.05, 4.69) is 19.9 Å². The van der Waals surface area contributed by atoms with Crippen molar-refractivity contribution in [1.29, 1.82) is 0 Å². The third-order valence-corrected chi connectivity index (χ3v) is 8.12. The van der Waals surface area contributed by atoms with Gasteiger partial charge in [-0.05, 0) is 48.6 Å². The van der Waals surface area contributed by atoms with Gasteiger partial charge in [0.25, 0.3) is 5.91 Å². The highest BCUT2D eigenvalue weighted by atomic mass is 35.5. The van der Waals surface area contributed by atoms with Crippen molar-refractivity contribution >= 4 is 29.1 Å². The largest absolute Gasteiger partial charge is 0.481 e. The fourth-order valence-electron chi connectivity index (χ4n) is 5.66. The van der Waals surface area contributed by atoms with Gasteiger partial charge in [-0.15, -0.1) is 0 Å². The second-order valence-corrected chi connectivity index (χ2v) is 10.7. The SMILES string of the molecule is O=C(COc1ccc(N2CCOCC2)nc1Cl)N1CCc2nc3ncccn3c2C1c1ccc(C2CC2)cc1F. The van der Waals surface area contributed by atoms with E-state index in [1.165, 1.54) is 0 Å². The summed E-state index contributed by atoms with van der Waals surface area (Å²) in [6, 6.07) is 10.1. The van der Waals surface area contributed by atoms with Crippen LogP contribution in [0, 0.1) is 5.82 Å². The van der Waals surface area contributed by atoms with Gasteiger partial charge in [0.1, 0.15) is 17.7 Å². The highest BCUT2D eigenvalue weighted by Gasteiger charge is 2.38. The normalized spacial score (nSPS) is 19.1. The zero-order chi connectivity index (χ0) is 27.2. The van der Waals surface area contributed by atoms with Gasteiger partial charge in [0.2, 0.25) is 5.78 Å². The fourth-order valence-corrected chi connectivity index (χ4v) is 5.86. The van der Waals surface area contributed by atoms with Gasteiger partial charge in [0.05, 0.1) is 24.6 Å². The van der Waals surface area contributed by atoms with Crippen molar-refractivity contribution in [3.05, 3.63) is 82.3 Å². The lowest BCUT2D eigenvalue weighted by Gasteiger charge is -2.36. The smallest absolute Gasteiger partial charge is 0.261 e. The van der Waals surface area contributed by atoms with Gasteiger partial charge in [-0.2, -0.15) is 0 Å².